The minimum atomic E-state index is -0.260. The number of benzene rings is 3. The minimum absolute atomic E-state index is 0.260. The van der Waals surface area contributed by atoms with E-state index in [1.807, 2.05) is 97.2 Å². The monoisotopic (exact) mass is 497 g/mol. The van der Waals surface area contributed by atoms with Crippen molar-refractivity contribution in [2.24, 2.45) is 0 Å². The molecule has 5 aromatic rings. The van der Waals surface area contributed by atoms with Gasteiger partial charge in [0.25, 0.3) is 5.91 Å². The summed E-state index contributed by atoms with van der Waals surface area (Å²) in [5, 5.41) is 12.0. The van der Waals surface area contributed by atoms with Crippen molar-refractivity contribution in [1.29, 1.82) is 0 Å². The van der Waals surface area contributed by atoms with E-state index in [2.05, 4.69) is 31.4 Å². The summed E-state index contributed by atoms with van der Waals surface area (Å²) in [6.45, 7) is 0.347. The number of hydrogen-bond acceptors (Lipinski definition) is 3. The number of nitrogens with one attached hydrogen (secondary N) is 1. The van der Waals surface area contributed by atoms with E-state index in [9.17, 15) is 4.79 Å². The maximum atomic E-state index is 13.2. The van der Waals surface area contributed by atoms with Gasteiger partial charge in [-0.2, -0.15) is 10.2 Å². The third-order valence-electron chi connectivity index (χ3n) is 5.27. The third kappa shape index (κ3) is 4.23. The summed E-state index contributed by atoms with van der Waals surface area (Å²) >= 11 is 3.65. The molecule has 0 spiro atoms. The van der Waals surface area contributed by atoms with Crippen molar-refractivity contribution in [1.82, 2.24) is 24.9 Å². The molecule has 0 aliphatic rings. The lowest BCUT2D eigenvalue weighted by Crippen LogP contribution is -2.24. The van der Waals surface area contributed by atoms with Gasteiger partial charge in [-0.05, 0) is 45.8 Å². The summed E-state index contributed by atoms with van der Waals surface area (Å²) in [5.41, 5.74) is 4.86. The van der Waals surface area contributed by atoms with Crippen molar-refractivity contribution in [3.63, 3.8) is 0 Å². The Labute approximate surface area is 199 Å². The number of amides is 1. The summed E-state index contributed by atoms with van der Waals surface area (Å²) in [5.74, 6) is -0.260. The zero-order valence-electron chi connectivity index (χ0n) is 17.6. The fourth-order valence-corrected chi connectivity index (χ4v) is 4.36. The lowest BCUT2D eigenvalue weighted by Gasteiger charge is -2.10. The standard InChI is InChI=1S/C26H20BrN5O/c27-23-24(26(33)28-18-20-12-7-8-15-22(20)31-17-9-16-29-31)30-32(21-13-5-2-6-14-21)25(23)19-10-3-1-4-11-19/h1-17H,18H2,(H,28,33). The van der Waals surface area contributed by atoms with Crippen LogP contribution in [0.5, 0.6) is 0 Å². The highest BCUT2D eigenvalue weighted by Gasteiger charge is 2.23. The molecule has 2 aromatic heterocycles. The van der Waals surface area contributed by atoms with Gasteiger partial charge in [0.2, 0.25) is 0 Å². The summed E-state index contributed by atoms with van der Waals surface area (Å²) < 4.78 is 4.23. The van der Waals surface area contributed by atoms with Crippen LogP contribution in [0.25, 0.3) is 22.6 Å². The number of nitrogens with zero attached hydrogens (tertiary/aromatic N) is 4. The first-order valence-corrected chi connectivity index (χ1v) is 11.3. The molecule has 0 saturated heterocycles. The fourth-order valence-electron chi connectivity index (χ4n) is 3.70. The molecule has 7 heteroatoms. The van der Waals surface area contributed by atoms with Crippen LogP contribution in [0.1, 0.15) is 16.1 Å². The van der Waals surface area contributed by atoms with E-state index in [4.69, 9.17) is 0 Å². The highest BCUT2D eigenvalue weighted by molar-refractivity contribution is 9.10. The molecule has 33 heavy (non-hydrogen) atoms. The van der Waals surface area contributed by atoms with E-state index in [1.165, 1.54) is 0 Å². The second kappa shape index (κ2) is 9.26. The van der Waals surface area contributed by atoms with Gasteiger partial charge in [0.05, 0.1) is 21.5 Å². The normalized spacial score (nSPS) is 10.8. The maximum absolute atomic E-state index is 13.2. The summed E-state index contributed by atoms with van der Waals surface area (Å²) in [6.07, 6.45) is 3.61. The van der Waals surface area contributed by atoms with Gasteiger partial charge in [-0.3, -0.25) is 4.79 Å². The Kier molecular flexibility index (Phi) is 5.87. The van der Waals surface area contributed by atoms with Gasteiger partial charge in [-0.25, -0.2) is 9.36 Å². The molecular weight excluding hydrogens is 478 g/mol. The number of halogens is 1. The van der Waals surface area contributed by atoms with Gasteiger partial charge in [0.15, 0.2) is 5.69 Å². The molecule has 0 aliphatic carbocycles. The molecule has 6 nitrogen and oxygen atoms in total. The minimum Gasteiger partial charge on any atom is -0.346 e. The van der Waals surface area contributed by atoms with Gasteiger partial charge in [-0.1, -0.05) is 66.7 Å². The molecule has 0 atom stereocenters. The van der Waals surface area contributed by atoms with E-state index in [-0.39, 0.29) is 5.91 Å². The lowest BCUT2D eigenvalue weighted by molar-refractivity contribution is 0.0944. The van der Waals surface area contributed by atoms with Gasteiger partial charge in [-0.15, -0.1) is 0 Å². The van der Waals surface area contributed by atoms with Crippen molar-refractivity contribution in [3.05, 3.63) is 119 Å². The molecule has 0 bridgehead atoms. The second-order valence-electron chi connectivity index (χ2n) is 7.39. The number of carbonyl (C=O) groups excluding carboxylic acids is 1. The molecule has 5 rings (SSSR count). The molecule has 3 aromatic carbocycles. The van der Waals surface area contributed by atoms with Crippen LogP contribution in [0.15, 0.2) is 108 Å². The highest BCUT2D eigenvalue weighted by atomic mass is 79.9. The zero-order chi connectivity index (χ0) is 22.6. The molecule has 162 valence electrons. The number of rotatable bonds is 6. The van der Waals surface area contributed by atoms with Crippen molar-refractivity contribution in [2.45, 2.75) is 6.54 Å². The van der Waals surface area contributed by atoms with Gasteiger partial charge >= 0.3 is 0 Å². The van der Waals surface area contributed by atoms with E-state index < -0.39 is 0 Å². The fraction of sp³-hybridized carbons (Fsp3) is 0.0385. The number of para-hydroxylation sites is 2. The summed E-state index contributed by atoms with van der Waals surface area (Å²) in [7, 11) is 0. The lowest BCUT2D eigenvalue weighted by atomic mass is 10.1. The Morgan fingerprint density at radius 1 is 0.879 bits per heavy atom. The van der Waals surface area contributed by atoms with Gasteiger partial charge in [0.1, 0.15) is 0 Å². The van der Waals surface area contributed by atoms with Crippen molar-refractivity contribution >= 4 is 21.8 Å². The van der Waals surface area contributed by atoms with Crippen LogP contribution in [0.2, 0.25) is 0 Å². The Morgan fingerprint density at radius 3 is 2.30 bits per heavy atom. The second-order valence-corrected chi connectivity index (χ2v) is 8.18. The topological polar surface area (TPSA) is 64.7 Å². The van der Waals surface area contributed by atoms with Gasteiger partial charge in [0, 0.05) is 24.5 Å². The first kappa shape index (κ1) is 20.9. The van der Waals surface area contributed by atoms with Crippen molar-refractivity contribution in [2.75, 3.05) is 0 Å². The molecule has 0 aliphatic heterocycles. The number of hydrogen-bond donors (Lipinski definition) is 1. The number of carbonyl (C=O) groups is 1. The third-order valence-corrected chi connectivity index (χ3v) is 6.02. The maximum Gasteiger partial charge on any atom is 0.273 e. The first-order valence-electron chi connectivity index (χ1n) is 10.5. The Morgan fingerprint density at radius 2 is 1.58 bits per heavy atom. The molecular formula is C26H20BrN5O. The van der Waals surface area contributed by atoms with E-state index in [0.717, 1.165) is 28.2 Å². The van der Waals surface area contributed by atoms with Crippen LogP contribution in [-0.4, -0.2) is 25.5 Å². The highest BCUT2D eigenvalue weighted by Crippen LogP contribution is 2.33. The van der Waals surface area contributed by atoms with Crippen LogP contribution in [0.4, 0.5) is 0 Å². The molecule has 1 N–H and O–H groups in total. The predicted octanol–water partition coefficient (Wildman–Crippen LogP) is 5.42. The van der Waals surface area contributed by atoms with Crippen molar-refractivity contribution in [3.8, 4) is 22.6 Å². The largest absolute Gasteiger partial charge is 0.346 e. The first-order chi connectivity index (χ1) is 16.2. The predicted molar refractivity (Wildman–Crippen MR) is 131 cm³/mol. The van der Waals surface area contributed by atoms with E-state index in [0.29, 0.717) is 16.7 Å². The smallest absolute Gasteiger partial charge is 0.273 e. The molecule has 2 heterocycles. The molecule has 0 saturated carbocycles. The van der Waals surface area contributed by atoms with Crippen LogP contribution in [0.3, 0.4) is 0 Å². The summed E-state index contributed by atoms with van der Waals surface area (Å²) in [4.78, 5) is 13.2. The Bertz CT molecular complexity index is 1380. The van der Waals surface area contributed by atoms with Crippen LogP contribution in [-0.2, 0) is 6.54 Å². The van der Waals surface area contributed by atoms with Crippen LogP contribution in [0, 0.1) is 0 Å². The SMILES string of the molecule is O=C(NCc1ccccc1-n1cccn1)c1nn(-c2ccccc2)c(-c2ccccc2)c1Br. The van der Waals surface area contributed by atoms with Crippen LogP contribution < -0.4 is 5.32 Å². The Balaban J connectivity index is 1.48. The average Bonchev–Trinajstić information content (AvgIpc) is 3.52. The van der Waals surface area contributed by atoms with Crippen molar-refractivity contribution < 1.29 is 4.79 Å². The molecule has 0 fully saturated rings. The average molecular weight is 498 g/mol. The number of aromatic nitrogens is 4. The molecule has 1 amide bonds. The zero-order valence-corrected chi connectivity index (χ0v) is 19.2. The molecule has 0 unspecified atom stereocenters. The Hall–Kier alpha value is -3.97. The summed E-state index contributed by atoms with van der Waals surface area (Å²) in [6, 6.07) is 29.4. The van der Waals surface area contributed by atoms with Gasteiger partial charge < -0.3 is 5.32 Å². The quantitative estimate of drug-likeness (QED) is 0.340. The van der Waals surface area contributed by atoms with E-state index in [1.54, 1.807) is 15.6 Å². The van der Waals surface area contributed by atoms with Crippen LogP contribution >= 0.6 is 15.9 Å². The van der Waals surface area contributed by atoms with E-state index >= 15 is 0 Å². The molecule has 0 radical (unpaired) electrons.